The molecule has 0 fully saturated rings. The number of carbonyl (C=O) groups is 1. The Kier molecular flexibility index (Phi) is 5.48. The Morgan fingerprint density at radius 2 is 2.29 bits per heavy atom. The molecule has 21 heavy (non-hydrogen) atoms. The Morgan fingerprint density at radius 1 is 1.52 bits per heavy atom. The van der Waals surface area contributed by atoms with E-state index in [1.807, 2.05) is 17.8 Å². The summed E-state index contributed by atoms with van der Waals surface area (Å²) in [6.45, 7) is 5.32. The standard InChI is InChI=1S/C15H23N5O/c1-3-17-13(15(21)11(2)16)6-4-5-9-20-10-14(18-19-20)12-7-8-12/h10-13,17H,3-6,9,16H2,1-2H3. The molecule has 2 unspecified atom stereocenters. The van der Waals surface area contributed by atoms with E-state index in [1.54, 1.807) is 6.92 Å². The second kappa shape index (κ2) is 7.34. The number of hydrogen-bond acceptors (Lipinski definition) is 5. The second-order valence-electron chi connectivity index (χ2n) is 5.43. The number of hydrogen-bond donors (Lipinski definition) is 2. The lowest BCUT2D eigenvalue weighted by atomic mass is 10.0. The van der Waals surface area contributed by atoms with Crippen LogP contribution in [0.1, 0.15) is 44.7 Å². The van der Waals surface area contributed by atoms with Crippen molar-refractivity contribution < 1.29 is 4.79 Å². The monoisotopic (exact) mass is 289 g/mol. The number of nitrogens with two attached hydrogens (primary N) is 1. The molecule has 6 heteroatoms. The quantitative estimate of drug-likeness (QED) is 0.482. The van der Waals surface area contributed by atoms with Gasteiger partial charge >= 0.3 is 0 Å². The summed E-state index contributed by atoms with van der Waals surface area (Å²) in [5, 5.41) is 11.4. The minimum atomic E-state index is -0.412. The highest BCUT2D eigenvalue weighted by atomic mass is 16.1. The smallest absolute Gasteiger partial charge is 0.166 e. The Bertz CT molecular complexity index is 532. The minimum Gasteiger partial charge on any atom is -0.322 e. The van der Waals surface area contributed by atoms with Gasteiger partial charge in [-0.25, -0.2) is 0 Å². The van der Waals surface area contributed by atoms with Gasteiger partial charge in [-0.05, 0) is 32.7 Å². The van der Waals surface area contributed by atoms with Gasteiger partial charge in [0.1, 0.15) is 11.6 Å². The van der Waals surface area contributed by atoms with Gasteiger partial charge in [0.2, 0.25) is 0 Å². The Hall–Kier alpha value is -1.71. The van der Waals surface area contributed by atoms with Crippen molar-refractivity contribution in [2.24, 2.45) is 5.73 Å². The van der Waals surface area contributed by atoms with Gasteiger partial charge in [-0.1, -0.05) is 24.0 Å². The van der Waals surface area contributed by atoms with E-state index in [4.69, 9.17) is 5.73 Å². The van der Waals surface area contributed by atoms with Crippen LogP contribution in [-0.4, -0.2) is 39.4 Å². The van der Waals surface area contributed by atoms with Crippen molar-refractivity contribution in [2.45, 2.75) is 57.7 Å². The number of Topliss-reactive ketones (excluding diaryl/α,β-unsaturated/α-hetero) is 1. The van der Waals surface area contributed by atoms with Crippen molar-refractivity contribution in [3.63, 3.8) is 0 Å². The maximum atomic E-state index is 12.0. The van der Waals surface area contributed by atoms with Crippen LogP contribution in [0, 0.1) is 11.8 Å². The fourth-order valence-corrected chi connectivity index (χ4v) is 2.28. The van der Waals surface area contributed by atoms with Crippen molar-refractivity contribution >= 4 is 5.78 Å². The number of aryl methyl sites for hydroxylation is 1. The topological polar surface area (TPSA) is 85.8 Å². The summed E-state index contributed by atoms with van der Waals surface area (Å²) in [4.78, 5) is 12.0. The molecule has 0 radical (unpaired) electrons. The van der Waals surface area contributed by atoms with Crippen molar-refractivity contribution in [3.8, 4) is 11.8 Å². The molecular weight excluding hydrogens is 266 g/mol. The first kappa shape index (κ1) is 15.7. The predicted octanol–water partition coefficient (Wildman–Crippen LogP) is 0.443. The van der Waals surface area contributed by atoms with Crippen LogP contribution in [0.4, 0.5) is 0 Å². The van der Waals surface area contributed by atoms with Crippen LogP contribution in [0.15, 0.2) is 6.20 Å². The van der Waals surface area contributed by atoms with Crippen LogP contribution in [-0.2, 0) is 11.3 Å². The van der Waals surface area contributed by atoms with Crippen LogP contribution in [0.5, 0.6) is 0 Å². The zero-order valence-corrected chi connectivity index (χ0v) is 12.7. The van der Waals surface area contributed by atoms with Gasteiger partial charge in [-0.2, -0.15) is 0 Å². The molecule has 2 atom stereocenters. The molecule has 1 aliphatic rings. The van der Waals surface area contributed by atoms with E-state index < -0.39 is 6.04 Å². The summed E-state index contributed by atoms with van der Waals surface area (Å²) in [6.07, 6.45) is 4.65. The molecule has 1 heterocycles. The van der Waals surface area contributed by atoms with Crippen molar-refractivity contribution in [2.75, 3.05) is 6.54 Å². The van der Waals surface area contributed by atoms with Gasteiger partial charge in [0.25, 0.3) is 0 Å². The molecule has 0 aromatic carbocycles. The zero-order valence-electron chi connectivity index (χ0n) is 12.7. The number of aromatic nitrogens is 3. The van der Waals surface area contributed by atoms with Gasteiger partial charge < -0.3 is 11.1 Å². The lowest BCUT2D eigenvalue weighted by Crippen LogP contribution is -2.44. The summed E-state index contributed by atoms with van der Waals surface area (Å²) in [7, 11) is 0. The molecule has 2 rings (SSSR count). The highest BCUT2D eigenvalue weighted by molar-refractivity contribution is 5.88. The number of unbranched alkanes of at least 4 members (excludes halogenated alkanes) is 1. The lowest BCUT2D eigenvalue weighted by molar-refractivity contribution is -0.122. The third-order valence-electron chi connectivity index (χ3n) is 3.51. The number of carbonyl (C=O) groups excluding carboxylic acids is 1. The summed E-state index contributed by atoms with van der Waals surface area (Å²) in [5.74, 6) is 6.16. The first-order valence-electron chi connectivity index (χ1n) is 7.55. The molecule has 1 aliphatic carbocycles. The average molecular weight is 289 g/mol. The molecule has 0 saturated heterocycles. The van der Waals surface area contributed by atoms with Gasteiger partial charge in [0, 0.05) is 6.54 Å². The highest BCUT2D eigenvalue weighted by Crippen LogP contribution is 2.18. The molecule has 0 spiro atoms. The minimum absolute atomic E-state index is 0.0887. The molecule has 114 valence electrons. The van der Waals surface area contributed by atoms with Crippen LogP contribution < -0.4 is 11.1 Å². The lowest BCUT2D eigenvalue weighted by Gasteiger charge is -2.18. The summed E-state index contributed by atoms with van der Waals surface area (Å²) in [6, 6.07) is -0.549. The molecule has 0 saturated carbocycles. The average Bonchev–Trinajstić information content (AvgIpc) is 3.21. The molecule has 0 bridgehead atoms. The largest absolute Gasteiger partial charge is 0.322 e. The van der Waals surface area contributed by atoms with Gasteiger partial charge in [-0.15, -0.1) is 5.10 Å². The summed E-state index contributed by atoms with van der Waals surface area (Å²) < 4.78 is 1.84. The zero-order chi connectivity index (χ0) is 15.2. The van der Waals surface area contributed by atoms with Crippen LogP contribution >= 0.6 is 0 Å². The van der Waals surface area contributed by atoms with Crippen molar-refractivity contribution in [1.82, 2.24) is 20.3 Å². The molecular formula is C15H23N5O. The second-order valence-corrected chi connectivity index (χ2v) is 5.43. The van der Waals surface area contributed by atoms with Gasteiger partial charge in [0.05, 0.1) is 18.3 Å². The fourth-order valence-electron chi connectivity index (χ4n) is 2.28. The highest BCUT2D eigenvalue weighted by Gasteiger charge is 2.20. The molecule has 0 aliphatic heterocycles. The SMILES string of the molecule is CCNC(CCCCn1cc(C2C#C2)nn1)C(=O)C(C)N. The van der Waals surface area contributed by atoms with Crippen molar-refractivity contribution in [1.29, 1.82) is 0 Å². The fraction of sp³-hybridized carbons (Fsp3) is 0.667. The van der Waals surface area contributed by atoms with Gasteiger partial charge in [0.15, 0.2) is 5.78 Å². The van der Waals surface area contributed by atoms with E-state index in [2.05, 4.69) is 27.5 Å². The first-order valence-corrected chi connectivity index (χ1v) is 7.55. The normalized spacial score (nSPS) is 16.1. The van der Waals surface area contributed by atoms with Crippen molar-refractivity contribution in [3.05, 3.63) is 11.9 Å². The number of nitrogens with one attached hydrogen (secondary N) is 1. The molecule has 0 amide bonds. The van der Waals surface area contributed by atoms with E-state index in [-0.39, 0.29) is 17.7 Å². The maximum absolute atomic E-state index is 12.0. The van der Waals surface area contributed by atoms with E-state index >= 15 is 0 Å². The number of ketones is 1. The number of likely N-dealkylation sites (N-methyl/N-ethyl adjacent to an activating group) is 1. The predicted molar refractivity (Wildman–Crippen MR) is 80.5 cm³/mol. The van der Waals surface area contributed by atoms with E-state index in [1.165, 1.54) is 0 Å². The third kappa shape index (κ3) is 4.66. The molecule has 3 N–H and O–H groups in total. The van der Waals surface area contributed by atoms with E-state index in [0.29, 0.717) is 0 Å². The van der Waals surface area contributed by atoms with Crippen LogP contribution in [0.25, 0.3) is 0 Å². The van der Waals surface area contributed by atoms with Crippen LogP contribution in [0.3, 0.4) is 0 Å². The van der Waals surface area contributed by atoms with E-state index in [0.717, 1.165) is 38.0 Å². The Morgan fingerprint density at radius 3 is 2.90 bits per heavy atom. The summed E-state index contributed by atoms with van der Waals surface area (Å²) in [5.41, 5.74) is 6.59. The first-order chi connectivity index (χ1) is 10.1. The molecule has 6 nitrogen and oxygen atoms in total. The number of rotatable bonds is 10. The van der Waals surface area contributed by atoms with Gasteiger partial charge in [-0.3, -0.25) is 9.48 Å². The Balaban J connectivity index is 1.70. The molecule has 1 aromatic rings. The molecule has 1 aromatic heterocycles. The maximum Gasteiger partial charge on any atom is 0.166 e. The summed E-state index contributed by atoms with van der Waals surface area (Å²) >= 11 is 0. The number of nitrogens with zero attached hydrogens (tertiary/aromatic N) is 3. The van der Waals surface area contributed by atoms with Crippen LogP contribution in [0.2, 0.25) is 0 Å². The van der Waals surface area contributed by atoms with E-state index in [9.17, 15) is 4.79 Å². The Labute approximate surface area is 125 Å². The third-order valence-corrected chi connectivity index (χ3v) is 3.51.